The van der Waals surface area contributed by atoms with Crippen LogP contribution in [0.25, 0.3) is 0 Å². The molecule has 0 aromatic heterocycles. The summed E-state index contributed by atoms with van der Waals surface area (Å²) in [5.41, 5.74) is 2.12. The first-order chi connectivity index (χ1) is 7.58. The van der Waals surface area contributed by atoms with Gasteiger partial charge in [0.2, 0.25) is 0 Å². The van der Waals surface area contributed by atoms with Crippen LogP contribution in [-0.2, 0) is 6.61 Å². The van der Waals surface area contributed by atoms with Crippen molar-refractivity contribution in [2.45, 2.75) is 27.4 Å². The van der Waals surface area contributed by atoms with Gasteiger partial charge in [0.05, 0.1) is 6.61 Å². The van der Waals surface area contributed by atoms with E-state index in [1.165, 1.54) is 0 Å². The zero-order chi connectivity index (χ0) is 12.1. The molecule has 0 heterocycles. The third-order valence-corrected chi connectivity index (χ3v) is 3.02. The lowest BCUT2D eigenvalue weighted by molar-refractivity contribution is 0.282. The molecule has 0 radical (unpaired) electrons. The fourth-order valence-corrected chi connectivity index (χ4v) is 2.15. The molecule has 0 bridgehead atoms. The van der Waals surface area contributed by atoms with Gasteiger partial charge in [-0.1, -0.05) is 35.8 Å². The number of rotatable bonds is 5. The highest BCUT2D eigenvalue weighted by atomic mass is 79.9. The summed E-state index contributed by atoms with van der Waals surface area (Å²) < 4.78 is 1.06. The molecule has 90 valence electrons. The van der Waals surface area contributed by atoms with Crippen molar-refractivity contribution in [3.8, 4) is 0 Å². The van der Waals surface area contributed by atoms with E-state index in [0.29, 0.717) is 5.92 Å². The highest BCUT2D eigenvalue weighted by Gasteiger charge is 2.11. The van der Waals surface area contributed by atoms with Gasteiger partial charge in [-0.05, 0) is 25.0 Å². The number of anilines is 1. The Labute approximate surface area is 106 Å². The van der Waals surface area contributed by atoms with Crippen molar-refractivity contribution in [2.24, 2.45) is 5.92 Å². The number of hydrogen-bond acceptors (Lipinski definition) is 2. The van der Waals surface area contributed by atoms with Gasteiger partial charge in [-0.2, -0.15) is 0 Å². The number of hydrogen-bond donors (Lipinski definition) is 1. The van der Waals surface area contributed by atoms with Crippen LogP contribution >= 0.6 is 15.9 Å². The van der Waals surface area contributed by atoms with Gasteiger partial charge >= 0.3 is 0 Å². The highest BCUT2D eigenvalue weighted by molar-refractivity contribution is 9.10. The molecule has 0 spiro atoms. The topological polar surface area (TPSA) is 23.5 Å². The van der Waals surface area contributed by atoms with E-state index < -0.39 is 0 Å². The Morgan fingerprint density at radius 2 is 2.06 bits per heavy atom. The third kappa shape index (κ3) is 3.49. The van der Waals surface area contributed by atoms with Crippen LogP contribution in [0.3, 0.4) is 0 Å². The molecule has 0 atom stereocenters. The summed E-state index contributed by atoms with van der Waals surface area (Å²) in [5, 5.41) is 9.35. The van der Waals surface area contributed by atoms with Crippen molar-refractivity contribution in [3.63, 3.8) is 0 Å². The van der Waals surface area contributed by atoms with Crippen molar-refractivity contribution in [1.29, 1.82) is 0 Å². The molecule has 3 heteroatoms. The van der Waals surface area contributed by atoms with E-state index in [-0.39, 0.29) is 6.61 Å². The molecule has 0 saturated heterocycles. The standard InChI is InChI=1S/C13H20BrNO/c1-4-15(8-10(2)3)13-7-12(14)6-5-11(13)9-16/h5-7,10,16H,4,8-9H2,1-3H3. The SMILES string of the molecule is CCN(CC(C)C)c1cc(Br)ccc1CO. The molecule has 1 aromatic carbocycles. The van der Waals surface area contributed by atoms with Crippen LogP contribution in [0.4, 0.5) is 5.69 Å². The molecule has 1 N–H and O–H groups in total. The van der Waals surface area contributed by atoms with Gasteiger partial charge in [0.25, 0.3) is 0 Å². The van der Waals surface area contributed by atoms with Gasteiger partial charge in [0.1, 0.15) is 0 Å². The van der Waals surface area contributed by atoms with Crippen molar-refractivity contribution in [1.82, 2.24) is 0 Å². The van der Waals surface area contributed by atoms with Crippen LogP contribution in [0.5, 0.6) is 0 Å². The van der Waals surface area contributed by atoms with Gasteiger partial charge in [-0.15, -0.1) is 0 Å². The third-order valence-electron chi connectivity index (χ3n) is 2.53. The normalized spacial score (nSPS) is 10.9. The van der Waals surface area contributed by atoms with E-state index in [0.717, 1.165) is 28.8 Å². The zero-order valence-corrected chi connectivity index (χ0v) is 11.8. The van der Waals surface area contributed by atoms with Crippen LogP contribution in [0.15, 0.2) is 22.7 Å². The molecule has 1 aromatic rings. The van der Waals surface area contributed by atoms with E-state index >= 15 is 0 Å². The quantitative estimate of drug-likeness (QED) is 0.896. The maximum absolute atomic E-state index is 9.35. The van der Waals surface area contributed by atoms with E-state index in [2.05, 4.69) is 47.7 Å². The largest absolute Gasteiger partial charge is 0.392 e. The summed E-state index contributed by atoms with van der Waals surface area (Å²) in [6.07, 6.45) is 0. The minimum absolute atomic E-state index is 0.0945. The first-order valence-corrected chi connectivity index (χ1v) is 6.52. The molecule has 0 aliphatic carbocycles. The van der Waals surface area contributed by atoms with Crippen LogP contribution in [0.1, 0.15) is 26.3 Å². The maximum Gasteiger partial charge on any atom is 0.0702 e. The second-order valence-corrected chi connectivity index (χ2v) is 5.28. The summed E-state index contributed by atoms with van der Waals surface area (Å²) >= 11 is 3.48. The van der Waals surface area contributed by atoms with Gasteiger partial charge in [-0.25, -0.2) is 0 Å². The van der Waals surface area contributed by atoms with Gasteiger partial charge in [-0.3, -0.25) is 0 Å². The Morgan fingerprint density at radius 3 is 2.56 bits per heavy atom. The Hall–Kier alpha value is -0.540. The summed E-state index contributed by atoms with van der Waals surface area (Å²) in [5.74, 6) is 0.616. The number of aliphatic hydroxyl groups excluding tert-OH is 1. The summed E-state index contributed by atoms with van der Waals surface area (Å²) in [6.45, 7) is 8.63. The van der Waals surface area contributed by atoms with Crippen LogP contribution < -0.4 is 4.90 Å². The predicted octanol–water partition coefficient (Wildman–Crippen LogP) is 3.42. The number of benzene rings is 1. The van der Waals surface area contributed by atoms with Crippen molar-refractivity contribution >= 4 is 21.6 Å². The summed E-state index contributed by atoms with van der Waals surface area (Å²) in [7, 11) is 0. The smallest absolute Gasteiger partial charge is 0.0702 e. The fourth-order valence-electron chi connectivity index (χ4n) is 1.80. The molecule has 2 nitrogen and oxygen atoms in total. The Balaban J connectivity index is 3.02. The summed E-state index contributed by atoms with van der Waals surface area (Å²) in [4.78, 5) is 2.31. The lowest BCUT2D eigenvalue weighted by Crippen LogP contribution is -2.28. The van der Waals surface area contributed by atoms with E-state index in [4.69, 9.17) is 0 Å². The fraction of sp³-hybridized carbons (Fsp3) is 0.538. The lowest BCUT2D eigenvalue weighted by atomic mass is 10.1. The Bertz CT molecular complexity index is 339. The molecule has 0 aliphatic heterocycles. The first kappa shape index (κ1) is 13.5. The molecule has 1 rings (SSSR count). The molecular weight excluding hydrogens is 266 g/mol. The molecule has 0 unspecified atom stereocenters. The van der Waals surface area contributed by atoms with Gasteiger partial charge in [0.15, 0.2) is 0 Å². The minimum Gasteiger partial charge on any atom is -0.392 e. The van der Waals surface area contributed by atoms with Crippen molar-refractivity contribution in [3.05, 3.63) is 28.2 Å². The first-order valence-electron chi connectivity index (χ1n) is 5.72. The Kier molecular flexibility index (Phi) is 5.29. The number of aliphatic hydroxyl groups is 1. The zero-order valence-electron chi connectivity index (χ0n) is 10.2. The van der Waals surface area contributed by atoms with Gasteiger partial charge in [0, 0.05) is 28.8 Å². The number of halogens is 1. The highest BCUT2D eigenvalue weighted by Crippen LogP contribution is 2.26. The molecule has 0 saturated carbocycles. The predicted molar refractivity (Wildman–Crippen MR) is 72.8 cm³/mol. The van der Waals surface area contributed by atoms with Crippen LogP contribution in [0.2, 0.25) is 0 Å². The second-order valence-electron chi connectivity index (χ2n) is 4.36. The van der Waals surface area contributed by atoms with Crippen molar-refractivity contribution < 1.29 is 5.11 Å². The Morgan fingerprint density at radius 1 is 1.38 bits per heavy atom. The average molecular weight is 286 g/mol. The average Bonchev–Trinajstić information content (AvgIpc) is 2.25. The summed E-state index contributed by atoms with van der Waals surface area (Å²) in [6, 6.07) is 6.03. The van der Waals surface area contributed by atoms with Crippen LogP contribution in [-0.4, -0.2) is 18.2 Å². The van der Waals surface area contributed by atoms with Crippen molar-refractivity contribution in [2.75, 3.05) is 18.0 Å². The molecule has 16 heavy (non-hydrogen) atoms. The lowest BCUT2D eigenvalue weighted by Gasteiger charge is -2.27. The van der Waals surface area contributed by atoms with E-state index in [1.807, 2.05) is 12.1 Å². The van der Waals surface area contributed by atoms with E-state index in [9.17, 15) is 5.11 Å². The van der Waals surface area contributed by atoms with Gasteiger partial charge < -0.3 is 10.0 Å². The molecular formula is C13H20BrNO. The maximum atomic E-state index is 9.35. The number of nitrogens with zero attached hydrogens (tertiary/aromatic N) is 1. The monoisotopic (exact) mass is 285 g/mol. The molecule has 0 amide bonds. The van der Waals surface area contributed by atoms with Crippen LogP contribution in [0, 0.1) is 5.92 Å². The van der Waals surface area contributed by atoms with E-state index in [1.54, 1.807) is 0 Å². The molecule has 0 aliphatic rings. The second kappa shape index (κ2) is 6.26. The molecule has 0 fully saturated rings. The minimum atomic E-state index is 0.0945.